The Labute approximate surface area is 113 Å². The van der Waals surface area contributed by atoms with Crippen LogP contribution in [0, 0.1) is 11.3 Å². The Balaban J connectivity index is 1.65. The molecule has 1 heterocycles. The first kappa shape index (κ1) is 12.6. The lowest BCUT2D eigenvalue weighted by atomic mass is 10.1. The summed E-state index contributed by atoms with van der Waals surface area (Å²) in [6.07, 6.45) is 0.578. The van der Waals surface area contributed by atoms with Gasteiger partial charge in [-0.2, -0.15) is 5.26 Å². The smallest absolute Gasteiger partial charge is 0.0951 e. The van der Waals surface area contributed by atoms with Crippen molar-refractivity contribution in [2.45, 2.75) is 18.6 Å². The van der Waals surface area contributed by atoms with E-state index >= 15 is 0 Å². The van der Waals surface area contributed by atoms with Crippen LogP contribution in [0.15, 0.2) is 24.3 Å². The maximum absolute atomic E-state index is 10.5. The number of rotatable bonds is 2. The van der Waals surface area contributed by atoms with E-state index in [0.29, 0.717) is 6.54 Å². The summed E-state index contributed by atoms with van der Waals surface area (Å²) in [5.41, 5.74) is 2.37. The number of hydrogen-bond donors (Lipinski definition) is 1. The second-order valence-electron chi connectivity index (χ2n) is 5.39. The van der Waals surface area contributed by atoms with Gasteiger partial charge in [-0.05, 0) is 17.5 Å². The summed E-state index contributed by atoms with van der Waals surface area (Å²) in [6.45, 7) is 4.25. The molecule has 1 aliphatic carbocycles. The molecule has 0 bridgehead atoms. The third-order valence-electron chi connectivity index (χ3n) is 4.34. The topological polar surface area (TPSA) is 50.5 Å². The first-order valence-electron chi connectivity index (χ1n) is 6.89. The van der Waals surface area contributed by atoms with Gasteiger partial charge in [-0.15, -0.1) is 0 Å². The molecular formula is C15H19N3O. The SMILES string of the molecule is N#CCN1CCN(C2Cc3ccccc3C2O)CC1. The highest BCUT2D eigenvalue weighted by molar-refractivity contribution is 5.35. The molecule has 1 saturated heterocycles. The lowest BCUT2D eigenvalue weighted by Gasteiger charge is -2.38. The number of benzene rings is 1. The monoisotopic (exact) mass is 257 g/mol. The van der Waals surface area contributed by atoms with Gasteiger partial charge in [0.15, 0.2) is 0 Å². The van der Waals surface area contributed by atoms with Crippen LogP contribution in [0.3, 0.4) is 0 Å². The quantitative estimate of drug-likeness (QED) is 0.796. The number of aliphatic hydroxyl groups excluding tert-OH is 1. The fourth-order valence-corrected chi connectivity index (χ4v) is 3.23. The van der Waals surface area contributed by atoms with E-state index in [1.807, 2.05) is 18.2 Å². The van der Waals surface area contributed by atoms with Gasteiger partial charge in [-0.3, -0.25) is 9.80 Å². The molecule has 0 radical (unpaired) electrons. The lowest BCUT2D eigenvalue weighted by Crippen LogP contribution is -2.51. The maximum atomic E-state index is 10.5. The van der Waals surface area contributed by atoms with Gasteiger partial charge in [0.2, 0.25) is 0 Å². The molecule has 2 atom stereocenters. The van der Waals surface area contributed by atoms with Crippen molar-refractivity contribution in [1.29, 1.82) is 5.26 Å². The van der Waals surface area contributed by atoms with Crippen LogP contribution in [-0.2, 0) is 6.42 Å². The van der Waals surface area contributed by atoms with Gasteiger partial charge in [0.25, 0.3) is 0 Å². The molecule has 3 rings (SSSR count). The first-order chi connectivity index (χ1) is 9.29. The van der Waals surface area contributed by atoms with Crippen molar-refractivity contribution in [3.63, 3.8) is 0 Å². The molecule has 1 aromatic carbocycles. The second-order valence-corrected chi connectivity index (χ2v) is 5.39. The molecule has 0 spiro atoms. The molecule has 2 unspecified atom stereocenters. The van der Waals surface area contributed by atoms with Crippen molar-refractivity contribution < 1.29 is 5.11 Å². The molecule has 1 aromatic rings. The van der Waals surface area contributed by atoms with Gasteiger partial charge < -0.3 is 5.11 Å². The normalized spacial score (nSPS) is 28.0. The van der Waals surface area contributed by atoms with E-state index in [0.717, 1.165) is 38.2 Å². The minimum absolute atomic E-state index is 0.210. The Hall–Kier alpha value is -1.41. The minimum atomic E-state index is -0.362. The van der Waals surface area contributed by atoms with Crippen LogP contribution in [0.1, 0.15) is 17.2 Å². The first-order valence-corrected chi connectivity index (χ1v) is 6.89. The van der Waals surface area contributed by atoms with Gasteiger partial charge in [0.05, 0.1) is 18.7 Å². The van der Waals surface area contributed by atoms with Crippen LogP contribution in [0.25, 0.3) is 0 Å². The molecule has 2 aliphatic rings. The van der Waals surface area contributed by atoms with E-state index in [1.54, 1.807) is 0 Å². The Bertz CT molecular complexity index is 488. The summed E-state index contributed by atoms with van der Waals surface area (Å²) < 4.78 is 0. The van der Waals surface area contributed by atoms with E-state index in [-0.39, 0.29) is 12.1 Å². The minimum Gasteiger partial charge on any atom is -0.387 e. The largest absolute Gasteiger partial charge is 0.387 e. The van der Waals surface area contributed by atoms with Crippen molar-refractivity contribution in [2.75, 3.05) is 32.7 Å². The molecule has 1 aliphatic heterocycles. The highest BCUT2D eigenvalue weighted by Crippen LogP contribution is 2.34. The van der Waals surface area contributed by atoms with Gasteiger partial charge in [-0.25, -0.2) is 0 Å². The van der Waals surface area contributed by atoms with E-state index in [1.165, 1.54) is 5.56 Å². The second kappa shape index (κ2) is 5.30. The van der Waals surface area contributed by atoms with E-state index in [4.69, 9.17) is 5.26 Å². The van der Waals surface area contributed by atoms with Gasteiger partial charge in [-0.1, -0.05) is 24.3 Å². The highest BCUT2D eigenvalue weighted by Gasteiger charge is 2.35. The molecule has 19 heavy (non-hydrogen) atoms. The number of nitrogens with zero attached hydrogens (tertiary/aromatic N) is 3. The number of fused-ring (bicyclic) bond motifs is 1. The standard InChI is InChI=1S/C15H19N3O/c16-5-6-17-7-9-18(10-8-17)14-11-12-3-1-2-4-13(12)15(14)19/h1-4,14-15,19H,6-11H2. The Kier molecular flexibility index (Phi) is 3.52. The van der Waals surface area contributed by atoms with E-state index in [2.05, 4.69) is 21.9 Å². The summed E-state index contributed by atoms with van der Waals surface area (Å²) >= 11 is 0. The van der Waals surface area contributed by atoms with Gasteiger partial charge in [0.1, 0.15) is 0 Å². The molecule has 0 saturated carbocycles. The summed E-state index contributed by atoms with van der Waals surface area (Å²) in [5, 5.41) is 19.2. The fourth-order valence-electron chi connectivity index (χ4n) is 3.23. The number of nitriles is 1. The number of piperazine rings is 1. The fraction of sp³-hybridized carbons (Fsp3) is 0.533. The average Bonchev–Trinajstić information content (AvgIpc) is 2.78. The zero-order valence-electron chi connectivity index (χ0n) is 11.0. The third-order valence-corrected chi connectivity index (χ3v) is 4.34. The van der Waals surface area contributed by atoms with Crippen molar-refractivity contribution in [3.05, 3.63) is 35.4 Å². The van der Waals surface area contributed by atoms with Crippen molar-refractivity contribution >= 4 is 0 Å². The predicted molar refractivity (Wildman–Crippen MR) is 72.5 cm³/mol. The highest BCUT2D eigenvalue weighted by atomic mass is 16.3. The van der Waals surface area contributed by atoms with Gasteiger partial charge in [0, 0.05) is 32.2 Å². The van der Waals surface area contributed by atoms with Crippen LogP contribution >= 0.6 is 0 Å². The molecule has 4 nitrogen and oxygen atoms in total. The average molecular weight is 257 g/mol. The van der Waals surface area contributed by atoms with Crippen molar-refractivity contribution in [3.8, 4) is 6.07 Å². The van der Waals surface area contributed by atoms with Gasteiger partial charge >= 0.3 is 0 Å². The zero-order valence-corrected chi connectivity index (χ0v) is 11.0. The number of aliphatic hydroxyl groups is 1. The van der Waals surface area contributed by atoms with Crippen molar-refractivity contribution in [2.24, 2.45) is 0 Å². The Morgan fingerprint density at radius 1 is 1.21 bits per heavy atom. The predicted octanol–water partition coefficient (Wildman–Crippen LogP) is 0.786. The molecule has 1 N–H and O–H groups in total. The molecular weight excluding hydrogens is 238 g/mol. The zero-order chi connectivity index (χ0) is 13.2. The maximum Gasteiger partial charge on any atom is 0.0951 e. The molecule has 100 valence electrons. The molecule has 4 heteroatoms. The van der Waals surface area contributed by atoms with Crippen LogP contribution in [-0.4, -0.2) is 53.7 Å². The lowest BCUT2D eigenvalue weighted by molar-refractivity contribution is 0.0304. The van der Waals surface area contributed by atoms with E-state index < -0.39 is 0 Å². The van der Waals surface area contributed by atoms with E-state index in [9.17, 15) is 5.11 Å². The molecule has 0 aromatic heterocycles. The Morgan fingerprint density at radius 2 is 1.95 bits per heavy atom. The summed E-state index contributed by atoms with van der Waals surface area (Å²) in [4.78, 5) is 4.55. The van der Waals surface area contributed by atoms with Crippen LogP contribution in [0.2, 0.25) is 0 Å². The van der Waals surface area contributed by atoms with Crippen molar-refractivity contribution in [1.82, 2.24) is 9.80 Å². The summed E-state index contributed by atoms with van der Waals surface area (Å²) in [6, 6.07) is 10.6. The number of hydrogen-bond acceptors (Lipinski definition) is 4. The molecule has 0 amide bonds. The van der Waals surface area contributed by atoms with Crippen LogP contribution < -0.4 is 0 Å². The molecule has 1 fully saturated rings. The van der Waals surface area contributed by atoms with Crippen LogP contribution in [0.4, 0.5) is 0 Å². The Morgan fingerprint density at radius 3 is 2.63 bits per heavy atom. The van der Waals surface area contributed by atoms with Crippen LogP contribution in [0.5, 0.6) is 0 Å². The third kappa shape index (κ3) is 2.37. The summed E-state index contributed by atoms with van der Waals surface area (Å²) in [5.74, 6) is 0. The summed E-state index contributed by atoms with van der Waals surface area (Å²) in [7, 11) is 0.